The van der Waals surface area contributed by atoms with Crippen molar-refractivity contribution < 1.29 is 0 Å². The molecule has 0 bridgehead atoms. The van der Waals surface area contributed by atoms with E-state index in [9.17, 15) is 0 Å². The first-order valence-corrected chi connectivity index (χ1v) is 8.37. The summed E-state index contributed by atoms with van der Waals surface area (Å²) < 4.78 is 3.21. The fraction of sp³-hybridized carbons (Fsp3) is 0.471. The van der Waals surface area contributed by atoms with Gasteiger partial charge in [-0.3, -0.25) is 4.68 Å². The zero-order valence-corrected chi connectivity index (χ0v) is 14.6. The molecule has 0 saturated heterocycles. The van der Waals surface area contributed by atoms with Crippen LogP contribution in [-0.2, 0) is 6.42 Å². The van der Waals surface area contributed by atoms with Gasteiger partial charge >= 0.3 is 0 Å². The minimum atomic E-state index is 0.438. The van der Waals surface area contributed by atoms with E-state index in [0.29, 0.717) is 12.0 Å². The Morgan fingerprint density at radius 3 is 2.81 bits per heavy atom. The first kappa shape index (κ1) is 16.2. The molecule has 1 N–H and O–H groups in total. The number of hydrogen-bond donors (Lipinski definition) is 1. The smallest absolute Gasteiger partial charge is 0.0631 e. The van der Waals surface area contributed by atoms with Gasteiger partial charge in [0.05, 0.1) is 5.69 Å². The molecule has 0 spiro atoms. The number of benzene rings is 1. The fourth-order valence-electron chi connectivity index (χ4n) is 2.49. The van der Waals surface area contributed by atoms with Crippen molar-refractivity contribution in [3.63, 3.8) is 0 Å². The van der Waals surface area contributed by atoms with Crippen LogP contribution in [0.2, 0.25) is 0 Å². The molecule has 0 saturated carbocycles. The highest BCUT2D eigenvalue weighted by Crippen LogP contribution is 2.23. The summed E-state index contributed by atoms with van der Waals surface area (Å²) >= 11 is 3.56. The van der Waals surface area contributed by atoms with E-state index >= 15 is 0 Å². The van der Waals surface area contributed by atoms with Crippen LogP contribution in [0.15, 0.2) is 41.0 Å². The van der Waals surface area contributed by atoms with Crippen LogP contribution in [0.1, 0.15) is 43.5 Å². The third-order valence-electron chi connectivity index (χ3n) is 3.93. The summed E-state index contributed by atoms with van der Waals surface area (Å²) in [5, 5.41) is 8.03. The maximum Gasteiger partial charge on any atom is 0.0631 e. The molecule has 21 heavy (non-hydrogen) atoms. The Kier molecular flexibility index (Phi) is 6.00. The van der Waals surface area contributed by atoms with Crippen molar-refractivity contribution in [3.05, 3.63) is 52.3 Å². The molecule has 3 nitrogen and oxygen atoms in total. The molecule has 2 unspecified atom stereocenters. The molecule has 0 fully saturated rings. The Morgan fingerprint density at radius 2 is 2.14 bits per heavy atom. The van der Waals surface area contributed by atoms with E-state index in [0.717, 1.165) is 29.6 Å². The normalized spacial score (nSPS) is 14.1. The Labute approximate surface area is 135 Å². The predicted octanol–water partition coefficient (Wildman–Crippen LogP) is 4.16. The van der Waals surface area contributed by atoms with Crippen molar-refractivity contribution in [2.75, 3.05) is 13.6 Å². The van der Waals surface area contributed by atoms with Crippen molar-refractivity contribution in [3.8, 4) is 0 Å². The van der Waals surface area contributed by atoms with Crippen LogP contribution in [0.5, 0.6) is 0 Å². The van der Waals surface area contributed by atoms with E-state index in [-0.39, 0.29) is 0 Å². The molecular formula is C17H24BrN3. The van der Waals surface area contributed by atoms with Gasteiger partial charge in [0.2, 0.25) is 0 Å². The van der Waals surface area contributed by atoms with Gasteiger partial charge < -0.3 is 5.32 Å². The molecule has 0 aliphatic carbocycles. The second-order valence-electron chi connectivity index (χ2n) is 5.56. The Hall–Kier alpha value is -1.13. The van der Waals surface area contributed by atoms with E-state index in [1.165, 1.54) is 5.56 Å². The standard InChI is InChI=1S/C17H24BrN3/c1-4-13(2)21-9-8-17(20-21)11-15(12-19-3)14-6-5-7-16(18)10-14/h5-10,13,15,19H,4,11-12H2,1-3H3. The maximum absolute atomic E-state index is 4.73. The SMILES string of the molecule is CCC(C)n1ccc(CC(CNC)c2cccc(Br)c2)n1. The minimum absolute atomic E-state index is 0.438. The van der Waals surface area contributed by atoms with Gasteiger partial charge in [-0.15, -0.1) is 0 Å². The lowest BCUT2D eigenvalue weighted by Gasteiger charge is -2.16. The van der Waals surface area contributed by atoms with Crippen molar-refractivity contribution >= 4 is 15.9 Å². The minimum Gasteiger partial charge on any atom is -0.319 e. The summed E-state index contributed by atoms with van der Waals surface area (Å²) in [6, 6.07) is 11.2. The summed E-state index contributed by atoms with van der Waals surface area (Å²) in [5.74, 6) is 0.438. The Bertz CT molecular complexity index is 565. The molecule has 1 aromatic carbocycles. The summed E-state index contributed by atoms with van der Waals surface area (Å²) in [4.78, 5) is 0. The average Bonchev–Trinajstić information content (AvgIpc) is 2.94. The Morgan fingerprint density at radius 1 is 1.33 bits per heavy atom. The molecule has 2 rings (SSSR count). The lowest BCUT2D eigenvalue weighted by Crippen LogP contribution is -2.19. The monoisotopic (exact) mass is 349 g/mol. The predicted molar refractivity (Wildman–Crippen MR) is 91.7 cm³/mol. The van der Waals surface area contributed by atoms with Crippen LogP contribution < -0.4 is 5.32 Å². The van der Waals surface area contributed by atoms with Gasteiger partial charge in [0.15, 0.2) is 0 Å². The molecule has 4 heteroatoms. The second-order valence-corrected chi connectivity index (χ2v) is 6.47. The quantitative estimate of drug-likeness (QED) is 0.813. The van der Waals surface area contributed by atoms with Crippen molar-refractivity contribution in [1.29, 1.82) is 0 Å². The van der Waals surface area contributed by atoms with Crippen LogP contribution in [0, 0.1) is 0 Å². The highest BCUT2D eigenvalue weighted by molar-refractivity contribution is 9.10. The van der Waals surface area contributed by atoms with Crippen molar-refractivity contribution in [2.45, 2.75) is 38.6 Å². The Balaban J connectivity index is 2.14. The van der Waals surface area contributed by atoms with Crippen LogP contribution in [0.4, 0.5) is 0 Å². The average molecular weight is 350 g/mol. The molecule has 1 aromatic heterocycles. The van der Waals surface area contributed by atoms with Gasteiger partial charge in [0.25, 0.3) is 0 Å². The molecule has 0 aliphatic rings. The number of halogens is 1. The molecule has 2 aromatic rings. The maximum atomic E-state index is 4.73. The lowest BCUT2D eigenvalue weighted by atomic mass is 9.94. The largest absolute Gasteiger partial charge is 0.319 e. The molecule has 114 valence electrons. The zero-order valence-electron chi connectivity index (χ0n) is 13.0. The molecule has 1 heterocycles. The third kappa shape index (κ3) is 4.42. The number of rotatable bonds is 7. The third-order valence-corrected chi connectivity index (χ3v) is 4.43. The molecule has 0 amide bonds. The van der Waals surface area contributed by atoms with Crippen molar-refractivity contribution in [2.24, 2.45) is 0 Å². The van der Waals surface area contributed by atoms with Crippen LogP contribution in [0.25, 0.3) is 0 Å². The first-order valence-electron chi connectivity index (χ1n) is 7.58. The highest BCUT2D eigenvalue weighted by Gasteiger charge is 2.14. The highest BCUT2D eigenvalue weighted by atomic mass is 79.9. The number of likely N-dealkylation sites (N-methyl/N-ethyl adjacent to an activating group) is 1. The van der Waals surface area contributed by atoms with E-state index in [1.54, 1.807) is 0 Å². The van der Waals surface area contributed by atoms with Crippen LogP contribution in [0.3, 0.4) is 0 Å². The molecule has 0 radical (unpaired) electrons. The van der Waals surface area contributed by atoms with E-state index in [1.807, 2.05) is 7.05 Å². The number of hydrogen-bond acceptors (Lipinski definition) is 2. The summed E-state index contributed by atoms with van der Waals surface area (Å²) in [5.41, 5.74) is 2.51. The first-order chi connectivity index (χ1) is 10.1. The summed E-state index contributed by atoms with van der Waals surface area (Å²) in [6.45, 7) is 5.35. The van der Waals surface area contributed by atoms with Gasteiger partial charge in [-0.05, 0) is 50.6 Å². The van der Waals surface area contributed by atoms with Gasteiger partial charge in [-0.2, -0.15) is 5.10 Å². The zero-order chi connectivity index (χ0) is 15.2. The topological polar surface area (TPSA) is 29.9 Å². The van der Waals surface area contributed by atoms with Gasteiger partial charge in [0.1, 0.15) is 0 Å². The van der Waals surface area contributed by atoms with Gasteiger partial charge in [-0.25, -0.2) is 0 Å². The summed E-state index contributed by atoms with van der Waals surface area (Å²) in [6.07, 6.45) is 4.16. The van der Waals surface area contributed by atoms with Crippen LogP contribution in [-0.4, -0.2) is 23.4 Å². The van der Waals surface area contributed by atoms with Gasteiger partial charge in [-0.1, -0.05) is 35.0 Å². The molecule has 2 atom stereocenters. The van der Waals surface area contributed by atoms with Crippen LogP contribution >= 0.6 is 15.9 Å². The number of nitrogens with one attached hydrogen (secondary N) is 1. The lowest BCUT2D eigenvalue weighted by molar-refractivity contribution is 0.471. The molecular weight excluding hydrogens is 326 g/mol. The second kappa shape index (κ2) is 7.76. The number of nitrogens with zero attached hydrogens (tertiary/aromatic N) is 2. The fourth-order valence-corrected chi connectivity index (χ4v) is 2.90. The van der Waals surface area contributed by atoms with E-state index in [4.69, 9.17) is 5.10 Å². The number of aromatic nitrogens is 2. The van der Waals surface area contributed by atoms with Gasteiger partial charge in [0, 0.05) is 29.2 Å². The summed E-state index contributed by atoms with van der Waals surface area (Å²) in [7, 11) is 2.00. The van der Waals surface area contributed by atoms with E-state index < -0.39 is 0 Å². The van der Waals surface area contributed by atoms with E-state index in [2.05, 4.69) is 76.3 Å². The molecule has 0 aliphatic heterocycles. The van der Waals surface area contributed by atoms with Crippen molar-refractivity contribution in [1.82, 2.24) is 15.1 Å².